The minimum Gasteiger partial charge on any atom is -0.465 e. The molecule has 0 spiro atoms. The summed E-state index contributed by atoms with van der Waals surface area (Å²) in [4.78, 5) is 12.2. The molecule has 2 aliphatic rings. The van der Waals surface area contributed by atoms with E-state index in [0.29, 0.717) is 19.6 Å². The predicted molar refractivity (Wildman–Crippen MR) is 75.6 cm³/mol. The van der Waals surface area contributed by atoms with Gasteiger partial charge in [-0.3, -0.25) is 4.79 Å². The van der Waals surface area contributed by atoms with Crippen molar-refractivity contribution in [3.05, 3.63) is 0 Å². The fourth-order valence-electron chi connectivity index (χ4n) is 3.19. The molecule has 3 atom stereocenters. The van der Waals surface area contributed by atoms with Crippen molar-refractivity contribution in [2.45, 2.75) is 63.7 Å². The lowest BCUT2D eigenvalue weighted by molar-refractivity contribution is -0.151. The lowest BCUT2D eigenvalue weighted by atomic mass is 9.97. The molecule has 2 rings (SSSR count). The molecule has 5 nitrogen and oxygen atoms in total. The minimum absolute atomic E-state index is 0.127. The van der Waals surface area contributed by atoms with Crippen LogP contribution in [-0.4, -0.2) is 50.1 Å². The summed E-state index contributed by atoms with van der Waals surface area (Å²) in [7, 11) is 0. The largest absolute Gasteiger partial charge is 0.465 e. The fraction of sp³-hybridized carbons (Fsp3) is 0.933. The van der Waals surface area contributed by atoms with Crippen LogP contribution in [0.4, 0.5) is 0 Å². The highest BCUT2D eigenvalue weighted by Crippen LogP contribution is 2.33. The summed E-state index contributed by atoms with van der Waals surface area (Å²) in [6, 6.07) is 0. The lowest BCUT2D eigenvalue weighted by Gasteiger charge is -2.27. The zero-order chi connectivity index (χ0) is 14.4. The van der Waals surface area contributed by atoms with Crippen molar-refractivity contribution in [2.24, 2.45) is 0 Å². The Morgan fingerprint density at radius 2 is 2.25 bits per heavy atom. The van der Waals surface area contributed by atoms with Gasteiger partial charge in [0.15, 0.2) is 0 Å². The van der Waals surface area contributed by atoms with E-state index < -0.39 is 5.54 Å². The second-order valence-corrected chi connectivity index (χ2v) is 5.67. The van der Waals surface area contributed by atoms with Gasteiger partial charge in [-0.05, 0) is 39.2 Å². The molecule has 1 aliphatic carbocycles. The molecule has 1 saturated heterocycles. The first-order valence-electron chi connectivity index (χ1n) is 7.85. The van der Waals surface area contributed by atoms with Crippen LogP contribution in [0.5, 0.6) is 0 Å². The van der Waals surface area contributed by atoms with Gasteiger partial charge in [0.05, 0.1) is 25.4 Å². The Hall–Kier alpha value is -0.650. The van der Waals surface area contributed by atoms with Crippen molar-refractivity contribution in [3.63, 3.8) is 0 Å². The molecule has 116 valence electrons. The summed E-state index contributed by atoms with van der Waals surface area (Å²) >= 11 is 0. The fourth-order valence-corrected chi connectivity index (χ4v) is 3.19. The summed E-state index contributed by atoms with van der Waals surface area (Å²) in [5.41, 5.74) is -0.550. The molecular formula is C15H27NO4. The molecule has 1 saturated carbocycles. The van der Waals surface area contributed by atoms with Gasteiger partial charge in [-0.15, -0.1) is 0 Å². The highest BCUT2D eigenvalue weighted by Gasteiger charge is 2.46. The third-order valence-corrected chi connectivity index (χ3v) is 4.19. The van der Waals surface area contributed by atoms with Gasteiger partial charge >= 0.3 is 5.97 Å². The molecule has 0 aromatic rings. The third kappa shape index (κ3) is 3.71. The molecule has 5 heteroatoms. The summed E-state index contributed by atoms with van der Waals surface area (Å²) < 4.78 is 16.7. The van der Waals surface area contributed by atoms with Gasteiger partial charge in [0.1, 0.15) is 5.54 Å². The Morgan fingerprint density at radius 1 is 1.40 bits per heavy atom. The first-order valence-corrected chi connectivity index (χ1v) is 7.85. The van der Waals surface area contributed by atoms with Gasteiger partial charge in [0, 0.05) is 13.0 Å². The Bertz CT molecular complexity index is 317. The van der Waals surface area contributed by atoms with Gasteiger partial charge in [0.25, 0.3) is 0 Å². The Morgan fingerprint density at radius 3 is 2.90 bits per heavy atom. The number of esters is 1. The monoisotopic (exact) mass is 285 g/mol. The second kappa shape index (κ2) is 7.38. The first kappa shape index (κ1) is 15.7. The molecule has 0 amide bonds. The number of hydrogen-bond acceptors (Lipinski definition) is 5. The standard InChI is InChI=1S/C15H27NO4/c1-3-16-15(14(17)18-4-2)8-7-12(10-15)20-11-13-6-5-9-19-13/h12-13,16H,3-11H2,1-2H3. The quantitative estimate of drug-likeness (QED) is 0.721. The summed E-state index contributed by atoms with van der Waals surface area (Å²) in [5.74, 6) is -0.134. The van der Waals surface area contributed by atoms with E-state index in [-0.39, 0.29) is 18.2 Å². The van der Waals surface area contributed by atoms with E-state index in [0.717, 1.165) is 38.8 Å². The normalized spacial score (nSPS) is 33.5. The average Bonchev–Trinajstić information content (AvgIpc) is 3.07. The Kier molecular flexibility index (Phi) is 5.81. The van der Waals surface area contributed by atoms with Crippen molar-refractivity contribution in [2.75, 3.05) is 26.4 Å². The van der Waals surface area contributed by atoms with Crippen molar-refractivity contribution in [1.29, 1.82) is 0 Å². The SMILES string of the molecule is CCNC1(C(=O)OCC)CCC(OCC2CCCO2)C1. The summed E-state index contributed by atoms with van der Waals surface area (Å²) in [5, 5.41) is 3.31. The molecule has 0 aromatic carbocycles. The average molecular weight is 285 g/mol. The number of hydrogen-bond donors (Lipinski definition) is 1. The van der Waals surface area contributed by atoms with Crippen molar-refractivity contribution in [3.8, 4) is 0 Å². The van der Waals surface area contributed by atoms with Gasteiger partial charge in [-0.1, -0.05) is 6.92 Å². The van der Waals surface area contributed by atoms with Crippen LogP contribution in [0.2, 0.25) is 0 Å². The van der Waals surface area contributed by atoms with E-state index in [1.54, 1.807) is 0 Å². The van der Waals surface area contributed by atoms with Crippen LogP contribution in [0.15, 0.2) is 0 Å². The van der Waals surface area contributed by atoms with Crippen LogP contribution in [0.3, 0.4) is 0 Å². The maximum absolute atomic E-state index is 12.2. The van der Waals surface area contributed by atoms with Gasteiger partial charge < -0.3 is 19.5 Å². The van der Waals surface area contributed by atoms with E-state index in [4.69, 9.17) is 14.2 Å². The predicted octanol–water partition coefficient (Wildman–Crippen LogP) is 1.65. The minimum atomic E-state index is -0.550. The van der Waals surface area contributed by atoms with E-state index >= 15 is 0 Å². The van der Waals surface area contributed by atoms with E-state index in [9.17, 15) is 4.79 Å². The Labute approximate surface area is 121 Å². The van der Waals surface area contributed by atoms with Crippen LogP contribution < -0.4 is 5.32 Å². The van der Waals surface area contributed by atoms with Crippen LogP contribution in [0, 0.1) is 0 Å². The molecule has 1 N–H and O–H groups in total. The zero-order valence-corrected chi connectivity index (χ0v) is 12.7. The zero-order valence-electron chi connectivity index (χ0n) is 12.7. The maximum Gasteiger partial charge on any atom is 0.326 e. The number of ether oxygens (including phenoxy) is 3. The molecule has 20 heavy (non-hydrogen) atoms. The molecular weight excluding hydrogens is 258 g/mol. The Balaban J connectivity index is 1.84. The van der Waals surface area contributed by atoms with Crippen molar-refractivity contribution >= 4 is 5.97 Å². The molecule has 3 unspecified atom stereocenters. The molecule has 0 aromatic heterocycles. The van der Waals surface area contributed by atoms with Gasteiger partial charge in [-0.2, -0.15) is 0 Å². The maximum atomic E-state index is 12.2. The van der Waals surface area contributed by atoms with Gasteiger partial charge in [0.2, 0.25) is 0 Å². The number of carbonyl (C=O) groups is 1. The van der Waals surface area contributed by atoms with Crippen LogP contribution >= 0.6 is 0 Å². The van der Waals surface area contributed by atoms with Crippen LogP contribution in [0.1, 0.15) is 46.0 Å². The van der Waals surface area contributed by atoms with E-state index in [1.165, 1.54) is 0 Å². The van der Waals surface area contributed by atoms with Crippen LogP contribution in [-0.2, 0) is 19.0 Å². The number of nitrogens with one attached hydrogen (secondary N) is 1. The number of carbonyl (C=O) groups excluding carboxylic acids is 1. The molecule has 0 radical (unpaired) electrons. The first-order chi connectivity index (χ1) is 9.70. The topological polar surface area (TPSA) is 56.8 Å². The van der Waals surface area contributed by atoms with E-state index in [2.05, 4.69) is 5.32 Å². The highest BCUT2D eigenvalue weighted by molar-refractivity contribution is 5.81. The number of likely N-dealkylation sites (N-methyl/N-ethyl adjacent to an activating group) is 1. The third-order valence-electron chi connectivity index (χ3n) is 4.19. The second-order valence-electron chi connectivity index (χ2n) is 5.67. The lowest BCUT2D eigenvalue weighted by Crippen LogP contribution is -2.51. The summed E-state index contributed by atoms with van der Waals surface area (Å²) in [6.45, 7) is 6.54. The highest BCUT2D eigenvalue weighted by atomic mass is 16.5. The van der Waals surface area contributed by atoms with Crippen molar-refractivity contribution < 1.29 is 19.0 Å². The molecule has 1 aliphatic heterocycles. The van der Waals surface area contributed by atoms with E-state index in [1.807, 2.05) is 13.8 Å². The summed E-state index contributed by atoms with van der Waals surface area (Å²) in [6.07, 6.45) is 4.97. The smallest absolute Gasteiger partial charge is 0.326 e. The number of rotatable bonds is 7. The van der Waals surface area contributed by atoms with Gasteiger partial charge in [-0.25, -0.2) is 0 Å². The molecule has 1 heterocycles. The van der Waals surface area contributed by atoms with Crippen molar-refractivity contribution in [1.82, 2.24) is 5.32 Å². The van der Waals surface area contributed by atoms with Crippen LogP contribution in [0.25, 0.3) is 0 Å². The molecule has 0 bridgehead atoms. The molecule has 2 fully saturated rings.